The quantitative estimate of drug-likeness (QED) is 0.899. The van der Waals surface area contributed by atoms with Crippen molar-refractivity contribution in [2.75, 3.05) is 0 Å². The summed E-state index contributed by atoms with van der Waals surface area (Å²) in [6.45, 7) is 7.80. The summed E-state index contributed by atoms with van der Waals surface area (Å²) in [6, 6.07) is 9.95. The Morgan fingerprint density at radius 1 is 0.840 bits per heavy atom. The van der Waals surface area contributed by atoms with E-state index < -0.39 is 42.1 Å². The van der Waals surface area contributed by atoms with Crippen molar-refractivity contribution in [3.05, 3.63) is 35.9 Å². The molecule has 2 saturated heterocycles. The average molecular weight is 350 g/mol. The van der Waals surface area contributed by atoms with Gasteiger partial charge in [0.25, 0.3) is 0 Å². The lowest BCUT2D eigenvalue weighted by Gasteiger charge is -2.40. The van der Waals surface area contributed by atoms with Gasteiger partial charge in [-0.2, -0.15) is 0 Å². The van der Waals surface area contributed by atoms with Crippen molar-refractivity contribution >= 4 is 0 Å². The Labute approximate surface area is 148 Å². The minimum Gasteiger partial charge on any atom is -0.387 e. The lowest BCUT2D eigenvalue weighted by Crippen LogP contribution is -2.62. The number of benzene rings is 1. The number of aliphatic hydroxyl groups is 1. The van der Waals surface area contributed by atoms with Crippen LogP contribution >= 0.6 is 0 Å². The van der Waals surface area contributed by atoms with Gasteiger partial charge in [-0.05, 0) is 33.3 Å². The third kappa shape index (κ3) is 3.23. The molecule has 6 atom stereocenters. The molecule has 6 nitrogen and oxygen atoms in total. The van der Waals surface area contributed by atoms with Crippen LogP contribution in [0.25, 0.3) is 0 Å². The molecule has 0 spiro atoms. The molecule has 25 heavy (non-hydrogen) atoms. The van der Waals surface area contributed by atoms with Gasteiger partial charge in [-0.25, -0.2) is 0 Å². The lowest BCUT2D eigenvalue weighted by molar-refractivity contribution is -0.190. The molecule has 1 saturated carbocycles. The first-order valence-corrected chi connectivity index (χ1v) is 8.81. The summed E-state index contributed by atoms with van der Waals surface area (Å²) in [7, 11) is 0. The van der Waals surface area contributed by atoms with E-state index in [1.807, 2.05) is 58.0 Å². The van der Waals surface area contributed by atoms with E-state index in [0.717, 1.165) is 5.56 Å². The summed E-state index contributed by atoms with van der Waals surface area (Å²) in [6.07, 6.45) is -3.04. The van der Waals surface area contributed by atoms with Gasteiger partial charge >= 0.3 is 0 Å². The van der Waals surface area contributed by atoms with E-state index in [2.05, 4.69) is 0 Å². The third-order valence-corrected chi connectivity index (χ3v) is 4.93. The van der Waals surface area contributed by atoms with Gasteiger partial charge in [-0.1, -0.05) is 30.3 Å². The van der Waals surface area contributed by atoms with E-state index in [1.165, 1.54) is 0 Å². The number of fused-ring (bicyclic) bond motifs is 2. The molecular weight excluding hydrogens is 324 g/mol. The molecule has 3 aliphatic rings. The Hall–Kier alpha value is -1.02. The Morgan fingerprint density at radius 2 is 1.32 bits per heavy atom. The zero-order valence-electron chi connectivity index (χ0n) is 15.0. The Balaban J connectivity index is 1.59. The molecule has 4 rings (SSSR count). The average Bonchev–Trinajstić information content (AvgIpc) is 3.04. The maximum Gasteiger partial charge on any atom is 0.164 e. The smallest absolute Gasteiger partial charge is 0.164 e. The standard InChI is InChI=1S/C19H26O6/c1-18(2)22-13-12(20)14-17(25-19(3,4)23-14)15(16(13)24-18)21-10-11-8-6-5-7-9-11/h5-9,12-17,20H,10H2,1-4H3/t12-,13-,14+,15+,16+,17-. The van der Waals surface area contributed by atoms with Crippen LogP contribution in [0.5, 0.6) is 0 Å². The van der Waals surface area contributed by atoms with Gasteiger partial charge in [0.15, 0.2) is 11.6 Å². The maximum atomic E-state index is 10.8. The van der Waals surface area contributed by atoms with E-state index >= 15 is 0 Å². The van der Waals surface area contributed by atoms with Gasteiger partial charge in [0, 0.05) is 0 Å². The molecule has 0 amide bonds. The van der Waals surface area contributed by atoms with Crippen molar-refractivity contribution in [2.24, 2.45) is 0 Å². The van der Waals surface area contributed by atoms with Crippen LogP contribution in [-0.2, 0) is 30.3 Å². The molecule has 3 fully saturated rings. The first-order valence-electron chi connectivity index (χ1n) is 8.81. The second kappa shape index (κ2) is 6.01. The van der Waals surface area contributed by atoms with Gasteiger partial charge in [0.05, 0.1) is 6.61 Å². The Kier molecular flexibility index (Phi) is 4.18. The fourth-order valence-electron chi connectivity index (χ4n) is 4.00. The summed E-state index contributed by atoms with van der Waals surface area (Å²) in [5, 5.41) is 10.8. The lowest BCUT2D eigenvalue weighted by atomic mass is 9.85. The predicted octanol–water partition coefficient (Wildman–Crippen LogP) is 1.99. The third-order valence-electron chi connectivity index (χ3n) is 4.93. The number of hydrogen-bond donors (Lipinski definition) is 1. The van der Waals surface area contributed by atoms with E-state index in [-0.39, 0.29) is 6.10 Å². The molecule has 1 N–H and O–H groups in total. The van der Waals surface area contributed by atoms with Gasteiger partial charge < -0.3 is 28.8 Å². The minimum atomic E-state index is -0.824. The summed E-state index contributed by atoms with van der Waals surface area (Å²) in [5.41, 5.74) is 1.07. The van der Waals surface area contributed by atoms with Crippen molar-refractivity contribution in [1.82, 2.24) is 0 Å². The number of aliphatic hydroxyl groups excluding tert-OH is 1. The largest absolute Gasteiger partial charge is 0.387 e. The molecule has 6 heteroatoms. The van der Waals surface area contributed by atoms with E-state index in [1.54, 1.807) is 0 Å². The second-order valence-corrected chi connectivity index (χ2v) is 7.88. The van der Waals surface area contributed by atoms with Crippen LogP contribution in [0.3, 0.4) is 0 Å². The van der Waals surface area contributed by atoms with Crippen LogP contribution in [0.2, 0.25) is 0 Å². The van der Waals surface area contributed by atoms with Crippen LogP contribution in [0.4, 0.5) is 0 Å². The molecule has 0 unspecified atom stereocenters. The van der Waals surface area contributed by atoms with Crippen molar-refractivity contribution < 1.29 is 28.8 Å². The van der Waals surface area contributed by atoms with Gasteiger partial charge in [-0.15, -0.1) is 0 Å². The van der Waals surface area contributed by atoms with Crippen LogP contribution < -0.4 is 0 Å². The first-order chi connectivity index (χ1) is 11.8. The van der Waals surface area contributed by atoms with E-state index in [4.69, 9.17) is 23.7 Å². The maximum absolute atomic E-state index is 10.8. The molecule has 0 bridgehead atoms. The molecule has 1 aliphatic carbocycles. The molecule has 138 valence electrons. The topological polar surface area (TPSA) is 66.4 Å². The second-order valence-electron chi connectivity index (χ2n) is 7.88. The Bertz CT molecular complexity index is 584. The predicted molar refractivity (Wildman–Crippen MR) is 88.7 cm³/mol. The molecule has 0 radical (unpaired) electrons. The molecule has 1 aromatic carbocycles. The normalized spacial score (nSPS) is 41.3. The van der Waals surface area contributed by atoms with Gasteiger partial charge in [0.1, 0.15) is 36.6 Å². The zero-order chi connectivity index (χ0) is 17.8. The van der Waals surface area contributed by atoms with Crippen LogP contribution in [0.1, 0.15) is 33.3 Å². The Morgan fingerprint density at radius 3 is 1.84 bits per heavy atom. The fourth-order valence-corrected chi connectivity index (χ4v) is 4.00. The molecule has 2 aliphatic heterocycles. The molecule has 2 heterocycles. The summed E-state index contributed by atoms with van der Waals surface area (Å²) in [4.78, 5) is 0. The van der Waals surface area contributed by atoms with Crippen molar-refractivity contribution in [3.8, 4) is 0 Å². The van der Waals surface area contributed by atoms with Crippen LogP contribution in [0, 0.1) is 0 Å². The fraction of sp³-hybridized carbons (Fsp3) is 0.684. The van der Waals surface area contributed by atoms with Crippen LogP contribution in [0.15, 0.2) is 30.3 Å². The van der Waals surface area contributed by atoms with E-state index in [0.29, 0.717) is 6.61 Å². The van der Waals surface area contributed by atoms with E-state index in [9.17, 15) is 5.11 Å². The summed E-state index contributed by atoms with van der Waals surface area (Å²) < 4.78 is 30.2. The molecule has 0 aromatic heterocycles. The van der Waals surface area contributed by atoms with Gasteiger partial charge in [-0.3, -0.25) is 0 Å². The highest BCUT2D eigenvalue weighted by Crippen LogP contribution is 2.45. The van der Waals surface area contributed by atoms with Crippen molar-refractivity contribution in [1.29, 1.82) is 0 Å². The van der Waals surface area contributed by atoms with Crippen LogP contribution in [-0.4, -0.2) is 53.3 Å². The monoisotopic (exact) mass is 350 g/mol. The zero-order valence-corrected chi connectivity index (χ0v) is 15.0. The highest BCUT2D eigenvalue weighted by molar-refractivity contribution is 5.14. The first kappa shape index (κ1) is 17.4. The minimum absolute atomic E-state index is 0.387. The molecular formula is C19H26O6. The summed E-state index contributed by atoms with van der Waals surface area (Å²) >= 11 is 0. The summed E-state index contributed by atoms with van der Waals surface area (Å²) in [5.74, 6) is -1.56. The number of rotatable bonds is 3. The number of ether oxygens (including phenoxy) is 5. The van der Waals surface area contributed by atoms with Crippen molar-refractivity contribution in [2.45, 2.75) is 82.5 Å². The van der Waals surface area contributed by atoms with Crippen molar-refractivity contribution in [3.63, 3.8) is 0 Å². The highest BCUT2D eigenvalue weighted by atomic mass is 16.8. The molecule has 1 aromatic rings. The SMILES string of the molecule is CC1(C)O[C@@H]2[C@H](OCc3ccccc3)[C@@H]3OC(C)(C)O[C@H]3[C@H](O)[C@H]2O1. The highest BCUT2D eigenvalue weighted by Gasteiger charge is 2.63. The van der Waals surface area contributed by atoms with Gasteiger partial charge in [0.2, 0.25) is 0 Å². The number of hydrogen-bond acceptors (Lipinski definition) is 6.